The number of aliphatic hydroxyl groups excluding tert-OH is 1. The SMILES string of the molecule is CCOC(C)(C)c1noc(C2COCCC2O)n1. The van der Waals surface area contributed by atoms with Crippen molar-refractivity contribution in [3.05, 3.63) is 11.7 Å². The third-order valence-corrected chi connectivity index (χ3v) is 3.12. The molecule has 2 heterocycles. The van der Waals surface area contributed by atoms with E-state index >= 15 is 0 Å². The largest absolute Gasteiger partial charge is 0.392 e. The lowest BCUT2D eigenvalue weighted by Gasteiger charge is -2.24. The van der Waals surface area contributed by atoms with Crippen LogP contribution in [0.4, 0.5) is 0 Å². The summed E-state index contributed by atoms with van der Waals surface area (Å²) in [5, 5.41) is 13.8. The molecule has 2 unspecified atom stereocenters. The van der Waals surface area contributed by atoms with Crippen LogP contribution < -0.4 is 0 Å². The molecular formula is C12H20N2O4. The Hall–Kier alpha value is -0.980. The fourth-order valence-corrected chi connectivity index (χ4v) is 2.02. The van der Waals surface area contributed by atoms with Crippen molar-refractivity contribution in [3.63, 3.8) is 0 Å². The van der Waals surface area contributed by atoms with E-state index in [9.17, 15) is 5.11 Å². The molecule has 0 amide bonds. The Balaban J connectivity index is 2.14. The first-order valence-corrected chi connectivity index (χ1v) is 6.28. The zero-order valence-corrected chi connectivity index (χ0v) is 11.0. The summed E-state index contributed by atoms with van der Waals surface area (Å²) in [6, 6.07) is 0. The zero-order valence-electron chi connectivity index (χ0n) is 11.0. The van der Waals surface area contributed by atoms with Gasteiger partial charge in [0.1, 0.15) is 5.60 Å². The standard InChI is InChI=1S/C12H20N2O4/c1-4-17-12(2,3)11-13-10(18-14-11)8-7-16-6-5-9(8)15/h8-9,15H,4-7H2,1-3H3. The minimum Gasteiger partial charge on any atom is -0.392 e. The maximum absolute atomic E-state index is 9.90. The van der Waals surface area contributed by atoms with Crippen LogP contribution in [0.1, 0.15) is 44.8 Å². The lowest BCUT2D eigenvalue weighted by atomic mass is 9.99. The van der Waals surface area contributed by atoms with Crippen LogP contribution >= 0.6 is 0 Å². The van der Waals surface area contributed by atoms with Crippen molar-refractivity contribution in [2.45, 2.75) is 44.8 Å². The Bertz CT molecular complexity index is 391. The van der Waals surface area contributed by atoms with Crippen molar-refractivity contribution < 1.29 is 19.1 Å². The fraction of sp³-hybridized carbons (Fsp3) is 0.833. The molecule has 1 aliphatic heterocycles. The Morgan fingerprint density at radius 1 is 1.50 bits per heavy atom. The molecule has 6 nitrogen and oxygen atoms in total. The first-order chi connectivity index (χ1) is 8.54. The van der Waals surface area contributed by atoms with E-state index in [0.29, 0.717) is 38.0 Å². The molecule has 2 rings (SSSR count). The average molecular weight is 256 g/mol. The second kappa shape index (κ2) is 5.34. The molecular weight excluding hydrogens is 236 g/mol. The van der Waals surface area contributed by atoms with E-state index in [1.807, 2.05) is 20.8 Å². The first kappa shape index (κ1) is 13.5. The Morgan fingerprint density at radius 3 is 2.94 bits per heavy atom. The van der Waals surface area contributed by atoms with Crippen LogP contribution in [0.15, 0.2) is 4.52 Å². The van der Waals surface area contributed by atoms with E-state index in [1.54, 1.807) is 0 Å². The van der Waals surface area contributed by atoms with E-state index in [4.69, 9.17) is 14.0 Å². The van der Waals surface area contributed by atoms with Crippen LogP contribution in [0.5, 0.6) is 0 Å². The third kappa shape index (κ3) is 2.71. The highest BCUT2D eigenvalue weighted by atomic mass is 16.5. The highest BCUT2D eigenvalue weighted by Crippen LogP contribution is 2.28. The van der Waals surface area contributed by atoms with Gasteiger partial charge in [0.25, 0.3) is 0 Å². The number of rotatable bonds is 4. The number of ether oxygens (including phenoxy) is 2. The summed E-state index contributed by atoms with van der Waals surface area (Å²) in [6.45, 7) is 7.26. The normalized spacial score (nSPS) is 25.3. The molecule has 0 aliphatic carbocycles. The molecule has 0 spiro atoms. The van der Waals surface area contributed by atoms with Crippen LogP contribution in [0.2, 0.25) is 0 Å². The van der Waals surface area contributed by atoms with Crippen molar-refractivity contribution in [1.82, 2.24) is 10.1 Å². The quantitative estimate of drug-likeness (QED) is 0.872. The van der Waals surface area contributed by atoms with Gasteiger partial charge in [0.15, 0.2) is 0 Å². The number of hydrogen-bond donors (Lipinski definition) is 1. The highest BCUT2D eigenvalue weighted by molar-refractivity contribution is 5.03. The molecule has 1 aromatic heterocycles. The van der Waals surface area contributed by atoms with E-state index in [-0.39, 0.29) is 5.92 Å². The lowest BCUT2D eigenvalue weighted by Crippen LogP contribution is -2.30. The molecule has 1 aliphatic rings. The monoisotopic (exact) mass is 256 g/mol. The summed E-state index contributed by atoms with van der Waals surface area (Å²) in [5.74, 6) is 0.680. The summed E-state index contributed by atoms with van der Waals surface area (Å²) >= 11 is 0. The second-order valence-corrected chi connectivity index (χ2v) is 4.94. The van der Waals surface area contributed by atoms with Crippen LogP contribution in [-0.2, 0) is 15.1 Å². The number of aromatic nitrogens is 2. The predicted molar refractivity (Wildman–Crippen MR) is 63.1 cm³/mol. The summed E-state index contributed by atoms with van der Waals surface area (Å²) < 4.78 is 16.1. The molecule has 2 atom stereocenters. The number of hydrogen-bond acceptors (Lipinski definition) is 6. The van der Waals surface area contributed by atoms with Gasteiger partial charge in [-0.1, -0.05) is 5.16 Å². The fourth-order valence-electron chi connectivity index (χ4n) is 2.02. The van der Waals surface area contributed by atoms with Gasteiger partial charge in [0, 0.05) is 13.2 Å². The van der Waals surface area contributed by atoms with Crippen molar-refractivity contribution in [2.75, 3.05) is 19.8 Å². The predicted octanol–water partition coefficient (Wildman–Crippen LogP) is 1.21. The Morgan fingerprint density at radius 2 is 2.28 bits per heavy atom. The maximum atomic E-state index is 9.90. The lowest BCUT2D eigenvalue weighted by molar-refractivity contribution is -0.0221. The minimum atomic E-state index is -0.586. The third-order valence-electron chi connectivity index (χ3n) is 3.12. The molecule has 18 heavy (non-hydrogen) atoms. The highest BCUT2D eigenvalue weighted by Gasteiger charge is 2.33. The van der Waals surface area contributed by atoms with E-state index in [2.05, 4.69) is 10.1 Å². The molecule has 0 aromatic carbocycles. The van der Waals surface area contributed by atoms with E-state index in [0.717, 1.165) is 0 Å². The van der Waals surface area contributed by atoms with Crippen LogP contribution in [0, 0.1) is 0 Å². The zero-order chi connectivity index (χ0) is 13.2. The molecule has 1 saturated heterocycles. The van der Waals surface area contributed by atoms with Crippen molar-refractivity contribution in [2.24, 2.45) is 0 Å². The first-order valence-electron chi connectivity index (χ1n) is 6.28. The number of nitrogens with zero attached hydrogens (tertiary/aromatic N) is 2. The summed E-state index contributed by atoms with van der Waals surface area (Å²) in [6.07, 6.45) is 0.110. The molecule has 102 valence electrons. The van der Waals surface area contributed by atoms with Crippen molar-refractivity contribution in [3.8, 4) is 0 Å². The van der Waals surface area contributed by atoms with Crippen LogP contribution in [0.25, 0.3) is 0 Å². The summed E-state index contributed by atoms with van der Waals surface area (Å²) in [7, 11) is 0. The van der Waals surface area contributed by atoms with Gasteiger partial charge in [-0.05, 0) is 27.2 Å². The van der Waals surface area contributed by atoms with Gasteiger partial charge in [0.05, 0.1) is 18.6 Å². The maximum Gasteiger partial charge on any atom is 0.234 e. The second-order valence-electron chi connectivity index (χ2n) is 4.94. The van der Waals surface area contributed by atoms with Gasteiger partial charge in [-0.15, -0.1) is 0 Å². The molecule has 1 N–H and O–H groups in total. The van der Waals surface area contributed by atoms with Gasteiger partial charge in [-0.25, -0.2) is 0 Å². The topological polar surface area (TPSA) is 77.6 Å². The molecule has 0 radical (unpaired) electrons. The molecule has 0 bridgehead atoms. The number of aliphatic hydroxyl groups is 1. The van der Waals surface area contributed by atoms with Gasteiger partial charge in [-0.3, -0.25) is 0 Å². The minimum absolute atomic E-state index is 0.238. The summed E-state index contributed by atoms with van der Waals surface area (Å²) in [4.78, 5) is 4.33. The van der Waals surface area contributed by atoms with Crippen molar-refractivity contribution in [1.29, 1.82) is 0 Å². The average Bonchev–Trinajstić information content (AvgIpc) is 2.79. The smallest absolute Gasteiger partial charge is 0.234 e. The van der Waals surface area contributed by atoms with Gasteiger partial charge in [0.2, 0.25) is 11.7 Å². The van der Waals surface area contributed by atoms with Gasteiger partial charge >= 0.3 is 0 Å². The Labute approximate surface area is 106 Å². The molecule has 1 fully saturated rings. The van der Waals surface area contributed by atoms with Crippen LogP contribution in [0.3, 0.4) is 0 Å². The molecule has 0 saturated carbocycles. The summed E-state index contributed by atoms with van der Waals surface area (Å²) in [5.41, 5.74) is -0.586. The van der Waals surface area contributed by atoms with E-state index in [1.165, 1.54) is 0 Å². The van der Waals surface area contributed by atoms with Crippen molar-refractivity contribution >= 4 is 0 Å². The Kier molecular flexibility index (Phi) is 3.99. The van der Waals surface area contributed by atoms with E-state index < -0.39 is 11.7 Å². The van der Waals surface area contributed by atoms with Crippen LogP contribution in [-0.4, -0.2) is 41.2 Å². The molecule has 1 aromatic rings. The van der Waals surface area contributed by atoms with Gasteiger partial charge < -0.3 is 19.1 Å². The van der Waals surface area contributed by atoms with Gasteiger partial charge in [-0.2, -0.15) is 4.98 Å². The molecule has 6 heteroatoms.